The summed E-state index contributed by atoms with van der Waals surface area (Å²) in [7, 11) is 0. The number of amidine groups is 1. The van der Waals surface area contributed by atoms with E-state index in [-0.39, 0.29) is 0 Å². The maximum Gasteiger partial charge on any atom is 0.154 e. The number of likely N-dealkylation sites (tertiary alicyclic amines) is 1. The smallest absolute Gasteiger partial charge is 0.154 e. The Bertz CT molecular complexity index is 489. The summed E-state index contributed by atoms with van der Waals surface area (Å²) >= 11 is 0. The van der Waals surface area contributed by atoms with Crippen LogP contribution in [0.1, 0.15) is 24.8 Å². The molecule has 0 aromatic carbocycles. The summed E-state index contributed by atoms with van der Waals surface area (Å²) in [6, 6.07) is 3.91. The van der Waals surface area contributed by atoms with Crippen molar-refractivity contribution < 1.29 is 0 Å². The summed E-state index contributed by atoms with van der Waals surface area (Å²) in [5.74, 6) is 6.72. The lowest BCUT2D eigenvalue weighted by Crippen LogP contribution is -2.46. The number of pyridine rings is 1. The molecule has 2 aliphatic heterocycles. The molecule has 6 heteroatoms. The van der Waals surface area contributed by atoms with Crippen LogP contribution in [-0.4, -0.2) is 34.0 Å². The molecule has 0 aliphatic carbocycles. The van der Waals surface area contributed by atoms with E-state index in [0.717, 1.165) is 30.2 Å². The third-order valence-corrected chi connectivity index (χ3v) is 3.37. The Morgan fingerprint density at radius 2 is 2.05 bits per heavy atom. The molecule has 0 saturated carbocycles. The molecule has 19 heavy (non-hydrogen) atoms. The maximum absolute atomic E-state index is 5.81. The van der Waals surface area contributed by atoms with E-state index in [4.69, 9.17) is 5.84 Å². The Morgan fingerprint density at radius 1 is 1.21 bits per heavy atom. The zero-order valence-corrected chi connectivity index (χ0v) is 10.8. The second-order valence-electron chi connectivity index (χ2n) is 4.76. The molecule has 1 fully saturated rings. The number of nitrogens with two attached hydrogens (primary N) is 1. The minimum atomic E-state index is 0.916. The Balaban J connectivity index is 1.85. The van der Waals surface area contributed by atoms with Crippen LogP contribution in [0.25, 0.3) is 5.70 Å². The number of nitrogens with one attached hydrogen (secondary N) is 1. The second kappa shape index (κ2) is 5.27. The van der Waals surface area contributed by atoms with Crippen LogP contribution in [0, 0.1) is 0 Å². The van der Waals surface area contributed by atoms with Gasteiger partial charge >= 0.3 is 0 Å². The normalized spacial score (nSPS) is 19.6. The van der Waals surface area contributed by atoms with Gasteiger partial charge in [0.2, 0.25) is 0 Å². The molecule has 1 aromatic rings. The zero-order chi connectivity index (χ0) is 13.1. The first-order valence-corrected chi connectivity index (χ1v) is 6.60. The SMILES string of the molecule is NN1N=C(N2CCCCC2)C=C(c2cccnc2)N1. The van der Waals surface area contributed by atoms with Crippen LogP contribution < -0.4 is 11.3 Å². The third-order valence-electron chi connectivity index (χ3n) is 3.37. The van der Waals surface area contributed by atoms with E-state index in [1.165, 1.54) is 24.5 Å². The first-order chi connectivity index (χ1) is 9.33. The van der Waals surface area contributed by atoms with Crippen molar-refractivity contribution in [1.29, 1.82) is 0 Å². The van der Waals surface area contributed by atoms with Gasteiger partial charge in [0.1, 0.15) is 0 Å². The number of hydrazone groups is 1. The fourth-order valence-corrected chi connectivity index (χ4v) is 2.40. The molecule has 6 nitrogen and oxygen atoms in total. The van der Waals surface area contributed by atoms with Gasteiger partial charge in [-0.1, -0.05) is 0 Å². The van der Waals surface area contributed by atoms with E-state index in [0.29, 0.717) is 0 Å². The third kappa shape index (κ3) is 2.68. The Labute approximate surface area is 112 Å². The highest BCUT2D eigenvalue weighted by Crippen LogP contribution is 2.17. The van der Waals surface area contributed by atoms with Crippen molar-refractivity contribution in [2.24, 2.45) is 10.9 Å². The van der Waals surface area contributed by atoms with Crippen molar-refractivity contribution in [3.8, 4) is 0 Å². The average molecular weight is 258 g/mol. The highest BCUT2D eigenvalue weighted by Gasteiger charge is 2.19. The van der Waals surface area contributed by atoms with Crippen LogP contribution in [-0.2, 0) is 0 Å². The van der Waals surface area contributed by atoms with E-state index in [1.807, 2.05) is 24.4 Å². The van der Waals surface area contributed by atoms with Gasteiger partial charge in [-0.05, 0) is 31.4 Å². The molecule has 1 aromatic heterocycles. The standard InChI is InChI=1S/C13H18N6/c14-19-16-12(11-5-4-6-15-10-11)9-13(17-19)18-7-2-1-3-8-18/h4-6,9-10,16H,1-3,7-8,14H2. The lowest BCUT2D eigenvalue weighted by Gasteiger charge is -2.32. The first kappa shape index (κ1) is 12.0. The number of nitrogens with zero attached hydrogens (tertiary/aromatic N) is 4. The van der Waals surface area contributed by atoms with Crippen molar-refractivity contribution >= 4 is 11.5 Å². The molecular formula is C13H18N6. The van der Waals surface area contributed by atoms with E-state index >= 15 is 0 Å². The summed E-state index contributed by atoms with van der Waals surface area (Å²) < 4.78 is 0. The van der Waals surface area contributed by atoms with Crippen LogP contribution in [0.4, 0.5) is 0 Å². The van der Waals surface area contributed by atoms with Crippen molar-refractivity contribution in [3.63, 3.8) is 0 Å². The predicted octanol–water partition coefficient (Wildman–Crippen LogP) is 0.916. The molecule has 0 amide bonds. The number of piperidine rings is 1. The van der Waals surface area contributed by atoms with Crippen LogP contribution in [0.15, 0.2) is 35.7 Å². The van der Waals surface area contributed by atoms with Gasteiger partial charge in [-0.2, -0.15) is 0 Å². The van der Waals surface area contributed by atoms with Gasteiger partial charge in [0.25, 0.3) is 0 Å². The molecule has 3 rings (SSSR count). The van der Waals surface area contributed by atoms with Crippen molar-refractivity contribution in [3.05, 3.63) is 36.2 Å². The topological polar surface area (TPSA) is 69.8 Å². The molecule has 1 saturated heterocycles. The summed E-state index contributed by atoms with van der Waals surface area (Å²) in [5, 5.41) is 5.60. The predicted molar refractivity (Wildman–Crippen MR) is 74.2 cm³/mol. The van der Waals surface area contributed by atoms with Crippen molar-refractivity contribution in [2.75, 3.05) is 13.1 Å². The number of aromatic nitrogens is 1. The molecule has 0 unspecified atom stereocenters. The van der Waals surface area contributed by atoms with Gasteiger partial charge < -0.3 is 4.90 Å². The Hall–Kier alpha value is -2.08. The lowest BCUT2D eigenvalue weighted by atomic mass is 10.1. The summed E-state index contributed by atoms with van der Waals surface area (Å²) in [6.07, 6.45) is 9.33. The molecule has 0 bridgehead atoms. The number of rotatable bonds is 1. The van der Waals surface area contributed by atoms with Crippen LogP contribution >= 0.6 is 0 Å². The molecule has 0 spiro atoms. The highest BCUT2D eigenvalue weighted by molar-refractivity contribution is 5.99. The van der Waals surface area contributed by atoms with Gasteiger partial charge in [0, 0.05) is 37.1 Å². The van der Waals surface area contributed by atoms with E-state index in [1.54, 1.807) is 6.20 Å². The zero-order valence-electron chi connectivity index (χ0n) is 10.8. The Morgan fingerprint density at radius 3 is 2.79 bits per heavy atom. The molecule has 3 N–H and O–H groups in total. The molecular weight excluding hydrogens is 240 g/mol. The number of hydrogen-bond donors (Lipinski definition) is 2. The van der Waals surface area contributed by atoms with Crippen molar-refractivity contribution in [1.82, 2.24) is 20.5 Å². The minimum absolute atomic E-state index is 0.916. The second-order valence-corrected chi connectivity index (χ2v) is 4.76. The van der Waals surface area contributed by atoms with E-state index < -0.39 is 0 Å². The molecule has 3 heterocycles. The van der Waals surface area contributed by atoms with E-state index in [2.05, 4.69) is 20.4 Å². The quantitative estimate of drug-likeness (QED) is 0.733. The highest BCUT2D eigenvalue weighted by atomic mass is 15.8. The number of hydrogen-bond acceptors (Lipinski definition) is 6. The fourth-order valence-electron chi connectivity index (χ4n) is 2.40. The van der Waals surface area contributed by atoms with Crippen LogP contribution in [0.2, 0.25) is 0 Å². The van der Waals surface area contributed by atoms with Gasteiger partial charge in [-0.15, -0.1) is 10.3 Å². The van der Waals surface area contributed by atoms with Crippen LogP contribution in [0.5, 0.6) is 0 Å². The molecule has 0 atom stereocenters. The van der Waals surface area contributed by atoms with E-state index in [9.17, 15) is 0 Å². The molecule has 100 valence electrons. The molecule has 0 radical (unpaired) electrons. The minimum Gasteiger partial charge on any atom is -0.355 e. The molecule has 2 aliphatic rings. The van der Waals surface area contributed by atoms with Gasteiger partial charge in [-0.25, -0.2) is 5.84 Å². The van der Waals surface area contributed by atoms with Gasteiger partial charge in [-0.3, -0.25) is 10.4 Å². The summed E-state index contributed by atoms with van der Waals surface area (Å²) in [6.45, 7) is 2.09. The van der Waals surface area contributed by atoms with Crippen molar-refractivity contribution in [2.45, 2.75) is 19.3 Å². The average Bonchev–Trinajstić information content (AvgIpc) is 2.48. The number of hydrazine groups is 2. The monoisotopic (exact) mass is 258 g/mol. The summed E-state index contributed by atoms with van der Waals surface area (Å²) in [5.41, 5.74) is 4.94. The summed E-state index contributed by atoms with van der Waals surface area (Å²) in [4.78, 5) is 6.41. The van der Waals surface area contributed by atoms with Crippen LogP contribution in [0.3, 0.4) is 0 Å². The largest absolute Gasteiger partial charge is 0.355 e. The van der Waals surface area contributed by atoms with Gasteiger partial charge in [0.15, 0.2) is 5.84 Å². The fraction of sp³-hybridized carbons (Fsp3) is 0.385. The first-order valence-electron chi connectivity index (χ1n) is 6.60. The lowest BCUT2D eigenvalue weighted by molar-refractivity contribution is 0.232. The van der Waals surface area contributed by atoms with Gasteiger partial charge in [0.05, 0.1) is 5.70 Å². The Kier molecular flexibility index (Phi) is 3.33. The maximum atomic E-state index is 5.81.